The normalized spacial score (nSPS) is 15.9. The van der Waals surface area contributed by atoms with Crippen molar-refractivity contribution in [3.63, 3.8) is 0 Å². The lowest BCUT2D eigenvalue weighted by Gasteiger charge is -2.26. The van der Waals surface area contributed by atoms with E-state index in [9.17, 15) is 19.1 Å². The molecule has 1 aliphatic rings. The third-order valence-electron chi connectivity index (χ3n) is 7.10. The molecule has 0 saturated carbocycles. The van der Waals surface area contributed by atoms with Crippen LogP contribution in [0.25, 0.3) is 5.76 Å². The number of hydrogen-bond acceptors (Lipinski definition) is 6. The molecule has 1 N–H and O–H groups in total. The summed E-state index contributed by atoms with van der Waals surface area (Å²) < 4.78 is 45.9. The molecule has 0 bridgehead atoms. The van der Waals surface area contributed by atoms with Crippen LogP contribution in [0.4, 0.5) is 14.5 Å². The minimum Gasteiger partial charge on any atom is -0.507 e. The van der Waals surface area contributed by atoms with E-state index >= 15 is 4.39 Å². The number of halogens is 2. The Morgan fingerprint density at radius 1 is 0.884 bits per heavy atom. The van der Waals surface area contributed by atoms with Gasteiger partial charge in [-0.1, -0.05) is 36.4 Å². The van der Waals surface area contributed by atoms with Gasteiger partial charge in [-0.25, -0.2) is 8.78 Å². The van der Waals surface area contributed by atoms with Gasteiger partial charge in [-0.2, -0.15) is 0 Å². The van der Waals surface area contributed by atoms with Crippen LogP contribution in [-0.4, -0.2) is 30.5 Å². The fourth-order valence-electron chi connectivity index (χ4n) is 5.05. The highest BCUT2D eigenvalue weighted by molar-refractivity contribution is 6.51. The maximum absolute atomic E-state index is 15.1. The first-order chi connectivity index (χ1) is 20.7. The quantitative estimate of drug-likeness (QED) is 0.131. The number of aryl methyl sites for hydroxylation is 1. The Balaban J connectivity index is 1.62. The van der Waals surface area contributed by atoms with E-state index in [1.165, 1.54) is 7.11 Å². The third kappa shape index (κ3) is 5.79. The topological polar surface area (TPSA) is 85.3 Å². The van der Waals surface area contributed by atoms with Gasteiger partial charge in [0.25, 0.3) is 11.7 Å². The van der Waals surface area contributed by atoms with Gasteiger partial charge >= 0.3 is 0 Å². The summed E-state index contributed by atoms with van der Waals surface area (Å²) in [6.07, 6.45) is 0. The summed E-state index contributed by atoms with van der Waals surface area (Å²) in [5.74, 6) is -3.15. The van der Waals surface area contributed by atoms with E-state index < -0.39 is 35.1 Å². The summed E-state index contributed by atoms with van der Waals surface area (Å²) in [5.41, 5.74) is 1.67. The zero-order valence-electron chi connectivity index (χ0n) is 23.8. The summed E-state index contributed by atoms with van der Waals surface area (Å²) >= 11 is 0. The lowest BCUT2D eigenvalue weighted by atomic mass is 9.94. The molecule has 1 fully saturated rings. The van der Waals surface area contributed by atoms with Crippen molar-refractivity contribution in [2.45, 2.75) is 26.5 Å². The van der Waals surface area contributed by atoms with Crippen LogP contribution < -0.4 is 19.1 Å². The second-order valence-corrected chi connectivity index (χ2v) is 9.86. The van der Waals surface area contributed by atoms with Crippen molar-refractivity contribution in [3.8, 4) is 17.2 Å². The Bertz CT molecular complexity index is 1720. The second-order valence-electron chi connectivity index (χ2n) is 9.86. The van der Waals surface area contributed by atoms with E-state index in [2.05, 4.69) is 0 Å². The number of rotatable bonds is 9. The lowest BCUT2D eigenvalue weighted by molar-refractivity contribution is -0.132. The molecule has 5 rings (SSSR count). The van der Waals surface area contributed by atoms with Crippen molar-refractivity contribution in [2.24, 2.45) is 0 Å². The fourth-order valence-corrected chi connectivity index (χ4v) is 5.05. The van der Waals surface area contributed by atoms with Gasteiger partial charge in [-0.05, 0) is 73.0 Å². The summed E-state index contributed by atoms with van der Waals surface area (Å²) in [7, 11) is 1.47. The molecule has 1 heterocycles. The van der Waals surface area contributed by atoms with Gasteiger partial charge in [0.1, 0.15) is 29.8 Å². The number of amides is 1. The number of nitrogens with zero attached hydrogens (tertiary/aromatic N) is 1. The van der Waals surface area contributed by atoms with Gasteiger partial charge in [-0.3, -0.25) is 14.5 Å². The molecule has 1 amide bonds. The van der Waals surface area contributed by atoms with E-state index in [0.29, 0.717) is 47.7 Å². The van der Waals surface area contributed by atoms with Crippen LogP contribution in [-0.2, 0) is 16.2 Å². The predicted octanol–water partition coefficient (Wildman–Crippen LogP) is 6.89. The van der Waals surface area contributed by atoms with Crippen molar-refractivity contribution >= 4 is 23.1 Å². The Hall–Kier alpha value is -5.18. The fraction of sp³-hybridized carbons (Fsp3) is 0.176. The Kier molecular flexibility index (Phi) is 8.43. The highest BCUT2D eigenvalue weighted by Crippen LogP contribution is 2.45. The number of benzene rings is 4. The van der Waals surface area contributed by atoms with E-state index in [0.717, 1.165) is 22.6 Å². The zero-order chi connectivity index (χ0) is 30.7. The number of hydrogen-bond donors (Lipinski definition) is 1. The van der Waals surface area contributed by atoms with Crippen LogP contribution in [0, 0.1) is 18.6 Å². The van der Waals surface area contributed by atoms with E-state index in [1.54, 1.807) is 50.2 Å². The monoisotopic (exact) mass is 585 g/mol. The van der Waals surface area contributed by atoms with Crippen molar-refractivity contribution in [3.05, 3.63) is 124 Å². The van der Waals surface area contributed by atoms with E-state index in [-0.39, 0.29) is 16.8 Å². The molecule has 1 saturated heterocycles. The molecule has 1 aliphatic heterocycles. The van der Waals surface area contributed by atoms with Crippen molar-refractivity contribution < 1.29 is 37.7 Å². The van der Waals surface area contributed by atoms with Gasteiger partial charge in [-0.15, -0.1) is 0 Å². The predicted molar refractivity (Wildman–Crippen MR) is 157 cm³/mol. The molecule has 1 atom stereocenters. The first-order valence-electron chi connectivity index (χ1n) is 13.6. The average Bonchev–Trinajstić information content (AvgIpc) is 3.26. The largest absolute Gasteiger partial charge is 0.507 e. The van der Waals surface area contributed by atoms with Crippen LogP contribution >= 0.6 is 0 Å². The van der Waals surface area contributed by atoms with Crippen LogP contribution in [0.3, 0.4) is 0 Å². The molecule has 0 aliphatic carbocycles. The number of carbonyl (C=O) groups excluding carboxylic acids is 2. The summed E-state index contributed by atoms with van der Waals surface area (Å²) in [5, 5.41) is 11.5. The molecule has 7 nitrogen and oxygen atoms in total. The number of methoxy groups -OCH3 is 1. The van der Waals surface area contributed by atoms with Gasteiger partial charge in [0.2, 0.25) is 0 Å². The molecule has 9 heteroatoms. The highest BCUT2D eigenvalue weighted by Gasteiger charge is 2.48. The molecule has 0 spiro atoms. The minimum atomic E-state index is -1.26. The number of ether oxygens (including phenoxy) is 3. The minimum absolute atomic E-state index is 0.255. The SMILES string of the molecule is CCOc1cc(C2/C(=C(\O)c3ccc(OCc4ccccc4)c(C)c3)C(=O)C(=O)N2c2ccc(F)cc2F)ccc1OC. The van der Waals surface area contributed by atoms with Gasteiger partial charge in [0.05, 0.1) is 31.0 Å². The molecule has 0 radical (unpaired) electrons. The number of Topliss-reactive ketones (excluding diaryl/α,β-unsaturated/α-hetero) is 1. The van der Waals surface area contributed by atoms with Gasteiger partial charge < -0.3 is 19.3 Å². The van der Waals surface area contributed by atoms with Crippen LogP contribution in [0.15, 0.2) is 90.5 Å². The van der Waals surface area contributed by atoms with Crippen molar-refractivity contribution in [2.75, 3.05) is 18.6 Å². The van der Waals surface area contributed by atoms with E-state index in [1.807, 2.05) is 30.3 Å². The molecular formula is C34H29F2NO6. The highest BCUT2D eigenvalue weighted by atomic mass is 19.1. The summed E-state index contributed by atoms with van der Waals surface area (Å²) in [6, 6.07) is 20.7. The van der Waals surface area contributed by atoms with Crippen LogP contribution in [0.5, 0.6) is 17.2 Å². The second kappa shape index (κ2) is 12.4. The van der Waals surface area contributed by atoms with Crippen molar-refractivity contribution in [1.29, 1.82) is 0 Å². The molecular weight excluding hydrogens is 556 g/mol. The van der Waals surface area contributed by atoms with Crippen LogP contribution in [0.2, 0.25) is 0 Å². The number of ketones is 1. The Morgan fingerprint density at radius 3 is 2.30 bits per heavy atom. The number of carbonyl (C=O) groups is 2. The molecule has 0 aromatic heterocycles. The maximum atomic E-state index is 15.1. The number of anilines is 1. The maximum Gasteiger partial charge on any atom is 0.300 e. The molecule has 4 aromatic carbocycles. The molecule has 1 unspecified atom stereocenters. The van der Waals surface area contributed by atoms with Gasteiger partial charge in [0.15, 0.2) is 11.5 Å². The smallest absolute Gasteiger partial charge is 0.300 e. The van der Waals surface area contributed by atoms with Crippen LogP contribution in [0.1, 0.15) is 35.2 Å². The van der Waals surface area contributed by atoms with E-state index in [4.69, 9.17) is 14.2 Å². The van der Waals surface area contributed by atoms with Gasteiger partial charge in [0, 0.05) is 11.6 Å². The average molecular weight is 586 g/mol. The third-order valence-corrected chi connectivity index (χ3v) is 7.10. The number of aliphatic hydroxyl groups is 1. The lowest BCUT2D eigenvalue weighted by Crippen LogP contribution is -2.30. The summed E-state index contributed by atoms with van der Waals surface area (Å²) in [4.78, 5) is 27.9. The zero-order valence-corrected chi connectivity index (χ0v) is 23.8. The number of aliphatic hydroxyl groups excluding tert-OH is 1. The standard InChI is InChI=1S/C34H29F2NO6/c1-4-42-29-17-22(10-15-28(29)41-3)31-30(33(39)34(40)37(31)26-13-12-24(35)18-25(26)36)32(38)23-11-14-27(20(2)16-23)43-19-21-8-6-5-7-9-21/h5-18,31,38H,4,19H2,1-3H3/b32-30+. The Labute approximate surface area is 247 Å². The first-order valence-corrected chi connectivity index (χ1v) is 13.6. The summed E-state index contributed by atoms with van der Waals surface area (Å²) in [6.45, 7) is 4.20. The Morgan fingerprint density at radius 2 is 1.63 bits per heavy atom. The molecule has 43 heavy (non-hydrogen) atoms. The first kappa shape index (κ1) is 29.3. The van der Waals surface area contributed by atoms with Crippen molar-refractivity contribution in [1.82, 2.24) is 0 Å². The molecule has 4 aromatic rings. The molecule has 220 valence electrons.